The molecule has 0 spiro atoms. The lowest BCUT2D eigenvalue weighted by atomic mass is 10.1. The summed E-state index contributed by atoms with van der Waals surface area (Å²) in [6.45, 7) is 0. The molecule has 0 unspecified atom stereocenters. The van der Waals surface area contributed by atoms with Crippen LogP contribution >= 0.6 is 0 Å². The minimum atomic E-state index is -4.64. The van der Waals surface area contributed by atoms with Crippen molar-refractivity contribution in [3.8, 4) is 5.69 Å². The second kappa shape index (κ2) is 7.51. The van der Waals surface area contributed by atoms with E-state index in [4.69, 9.17) is 0 Å². The van der Waals surface area contributed by atoms with Crippen molar-refractivity contribution in [2.45, 2.75) is 6.18 Å². The second-order valence-electron chi connectivity index (χ2n) is 6.59. The van der Waals surface area contributed by atoms with Crippen LogP contribution in [0, 0.1) is 0 Å². The van der Waals surface area contributed by atoms with Crippen LogP contribution in [0.15, 0.2) is 89.9 Å². The lowest BCUT2D eigenvalue weighted by molar-refractivity contribution is -0.136. The topological polar surface area (TPSA) is 51.1 Å². The molecule has 7 heteroatoms. The third kappa shape index (κ3) is 3.57. The highest BCUT2D eigenvalue weighted by Gasteiger charge is 2.33. The first-order valence-electron chi connectivity index (χ1n) is 9.03. The van der Waals surface area contributed by atoms with Crippen LogP contribution in [0.4, 0.5) is 18.9 Å². The molecule has 1 heterocycles. The zero-order valence-electron chi connectivity index (χ0n) is 15.5. The van der Waals surface area contributed by atoms with Crippen molar-refractivity contribution in [1.29, 1.82) is 0 Å². The van der Waals surface area contributed by atoms with E-state index >= 15 is 0 Å². The molecule has 0 saturated heterocycles. The summed E-state index contributed by atoms with van der Waals surface area (Å²) in [5.74, 6) is -0.910. The van der Waals surface area contributed by atoms with Crippen LogP contribution in [-0.4, -0.2) is 10.5 Å². The predicted molar refractivity (Wildman–Crippen MR) is 109 cm³/mol. The molecular weight excluding hydrogens is 393 g/mol. The number of rotatable bonds is 3. The molecule has 30 heavy (non-hydrogen) atoms. The normalized spacial score (nSPS) is 11.4. The maximum absolute atomic E-state index is 13.3. The van der Waals surface area contributed by atoms with E-state index in [9.17, 15) is 22.8 Å². The van der Waals surface area contributed by atoms with E-state index in [1.165, 1.54) is 18.3 Å². The van der Waals surface area contributed by atoms with Crippen molar-refractivity contribution in [3.05, 3.63) is 106 Å². The smallest absolute Gasteiger partial charge is 0.321 e. The number of alkyl halides is 3. The van der Waals surface area contributed by atoms with Gasteiger partial charge in [-0.1, -0.05) is 42.5 Å². The monoisotopic (exact) mass is 408 g/mol. The molecular formula is C23H15F3N2O2. The SMILES string of the molecule is O=C(Nc1ccccc1C(F)(F)F)c1cn(-c2ccccc2)c2ccccc2c1=O. The number of pyridine rings is 1. The fraction of sp³-hybridized carbons (Fsp3) is 0.0435. The molecule has 0 atom stereocenters. The number of para-hydroxylation sites is 3. The Balaban J connectivity index is 1.85. The number of halogens is 3. The molecule has 1 N–H and O–H groups in total. The van der Waals surface area contributed by atoms with Crippen molar-refractivity contribution < 1.29 is 18.0 Å². The van der Waals surface area contributed by atoms with E-state index in [0.717, 1.165) is 12.1 Å². The standard InChI is InChI=1S/C23H15F3N2O2/c24-23(25,26)18-11-5-6-12-19(18)27-22(30)17-14-28(15-8-2-1-3-9-15)20-13-7-4-10-16(20)21(17)29/h1-14H,(H,27,30). The van der Waals surface area contributed by atoms with Gasteiger partial charge in [0.25, 0.3) is 5.91 Å². The Morgan fingerprint density at radius 3 is 2.20 bits per heavy atom. The number of benzene rings is 3. The summed E-state index contributed by atoms with van der Waals surface area (Å²) in [7, 11) is 0. The lowest BCUT2D eigenvalue weighted by Gasteiger charge is -2.15. The van der Waals surface area contributed by atoms with E-state index in [2.05, 4.69) is 5.32 Å². The van der Waals surface area contributed by atoms with Crippen molar-refractivity contribution >= 4 is 22.5 Å². The Labute approximate surface area is 169 Å². The Kier molecular flexibility index (Phi) is 4.87. The maximum Gasteiger partial charge on any atom is 0.418 e. The summed E-state index contributed by atoms with van der Waals surface area (Å²) in [4.78, 5) is 25.8. The fourth-order valence-electron chi connectivity index (χ4n) is 3.27. The number of hydrogen-bond donors (Lipinski definition) is 1. The van der Waals surface area contributed by atoms with Crippen LogP contribution in [0.1, 0.15) is 15.9 Å². The molecule has 1 aromatic heterocycles. The van der Waals surface area contributed by atoms with Gasteiger partial charge in [-0.2, -0.15) is 13.2 Å². The average Bonchev–Trinajstić information content (AvgIpc) is 2.74. The number of nitrogens with one attached hydrogen (secondary N) is 1. The number of fused-ring (bicyclic) bond motifs is 1. The molecule has 0 bridgehead atoms. The molecule has 0 radical (unpaired) electrons. The third-order valence-corrected chi connectivity index (χ3v) is 4.67. The molecule has 3 aromatic carbocycles. The van der Waals surface area contributed by atoms with Gasteiger partial charge in [0, 0.05) is 17.3 Å². The third-order valence-electron chi connectivity index (χ3n) is 4.67. The minimum Gasteiger partial charge on any atom is -0.321 e. The van der Waals surface area contributed by atoms with E-state index in [1.807, 2.05) is 18.2 Å². The molecule has 4 nitrogen and oxygen atoms in total. The molecule has 1 amide bonds. The molecule has 0 aliphatic rings. The van der Waals surface area contributed by atoms with E-state index < -0.39 is 28.8 Å². The van der Waals surface area contributed by atoms with Crippen molar-refractivity contribution in [1.82, 2.24) is 4.57 Å². The summed E-state index contributed by atoms with van der Waals surface area (Å²) in [6.07, 6.45) is -3.29. The van der Waals surface area contributed by atoms with Crippen LogP contribution in [0.3, 0.4) is 0 Å². The first kappa shape index (κ1) is 19.4. The molecule has 0 fully saturated rings. The molecule has 0 aliphatic carbocycles. The van der Waals surface area contributed by atoms with Crippen LogP contribution in [-0.2, 0) is 6.18 Å². The van der Waals surface area contributed by atoms with Gasteiger partial charge in [0.1, 0.15) is 5.56 Å². The van der Waals surface area contributed by atoms with Gasteiger partial charge in [-0.15, -0.1) is 0 Å². The average molecular weight is 408 g/mol. The highest BCUT2D eigenvalue weighted by Crippen LogP contribution is 2.34. The van der Waals surface area contributed by atoms with E-state index in [0.29, 0.717) is 11.2 Å². The zero-order chi connectivity index (χ0) is 21.3. The minimum absolute atomic E-state index is 0.255. The van der Waals surface area contributed by atoms with Crippen LogP contribution < -0.4 is 10.7 Å². The number of anilines is 1. The lowest BCUT2D eigenvalue weighted by Crippen LogP contribution is -2.24. The van der Waals surface area contributed by atoms with Crippen LogP contribution in [0.25, 0.3) is 16.6 Å². The number of aromatic nitrogens is 1. The van der Waals surface area contributed by atoms with E-state index in [1.54, 1.807) is 41.0 Å². The predicted octanol–water partition coefficient (Wildman–Crippen LogP) is 5.26. The highest BCUT2D eigenvalue weighted by molar-refractivity contribution is 6.06. The van der Waals surface area contributed by atoms with Gasteiger partial charge in [-0.25, -0.2) is 0 Å². The zero-order valence-corrected chi connectivity index (χ0v) is 15.5. The summed E-state index contributed by atoms with van der Waals surface area (Å²) in [6, 6.07) is 20.4. The number of nitrogens with zero attached hydrogens (tertiary/aromatic N) is 1. The molecule has 150 valence electrons. The van der Waals surface area contributed by atoms with Crippen molar-refractivity contribution in [3.63, 3.8) is 0 Å². The van der Waals surface area contributed by atoms with Crippen LogP contribution in [0.5, 0.6) is 0 Å². The van der Waals surface area contributed by atoms with Crippen molar-refractivity contribution in [2.75, 3.05) is 5.32 Å². The quantitative estimate of drug-likeness (QED) is 0.503. The molecule has 0 aliphatic heterocycles. The van der Waals surface area contributed by atoms with E-state index in [-0.39, 0.29) is 10.9 Å². The highest BCUT2D eigenvalue weighted by atomic mass is 19.4. The number of carbonyl (C=O) groups excluding carboxylic acids is 1. The number of carbonyl (C=O) groups is 1. The van der Waals surface area contributed by atoms with Gasteiger partial charge < -0.3 is 9.88 Å². The van der Waals surface area contributed by atoms with Gasteiger partial charge in [0.2, 0.25) is 5.43 Å². The van der Waals surface area contributed by atoms with Crippen LogP contribution in [0.2, 0.25) is 0 Å². The molecule has 4 aromatic rings. The Bertz CT molecular complexity index is 1300. The summed E-state index contributed by atoms with van der Waals surface area (Å²) < 4.78 is 41.4. The van der Waals surface area contributed by atoms with Gasteiger partial charge in [-0.05, 0) is 36.4 Å². The van der Waals surface area contributed by atoms with Gasteiger partial charge in [0.05, 0.1) is 16.8 Å². The van der Waals surface area contributed by atoms with Gasteiger partial charge >= 0.3 is 6.18 Å². The maximum atomic E-state index is 13.3. The summed E-state index contributed by atoms with van der Waals surface area (Å²) in [5, 5.41) is 2.54. The molecule has 4 rings (SSSR count). The Morgan fingerprint density at radius 1 is 0.833 bits per heavy atom. The van der Waals surface area contributed by atoms with Crippen molar-refractivity contribution in [2.24, 2.45) is 0 Å². The van der Waals surface area contributed by atoms with Gasteiger partial charge in [0.15, 0.2) is 0 Å². The largest absolute Gasteiger partial charge is 0.418 e. The number of amides is 1. The second-order valence-corrected chi connectivity index (χ2v) is 6.59. The molecule has 0 saturated carbocycles. The van der Waals surface area contributed by atoms with Gasteiger partial charge in [-0.3, -0.25) is 9.59 Å². The Hall–Kier alpha value is -3.87. The number of hydrogen-bond acceptors (Lipinski definition) is 2. The Morgan fingerprint density at radius 2 is 1.47 bits per heavy atom. The summed E-state index contributed by atoms with van der Waals surface area (Å²) >= 11 is 0. The fourth-order valence-corrected chi connectivity index (χ4v) is 3.27. The first-order valence-corrected chi connectivity index (χ1v) is 9.03. The first-order chi connectivity index (χ1) is 14.4. The summed E-state index contributed by atoms with van der Waals surface area (Å²) in [5.41, 5.74) is -0.912.